The zero-order valence-corrected chi connectivity index (χ0v) is 70.9. The van der Waals surface area contributed by atoms with Gasteiger partial charge in [0.15, 0.2) is 69.9 Å². The van der Waals surface area contributed by atoms with E-state index in [4.69, 9.17) is 59.8 Å². The molecule has 132 heavy (non-hydrogen) atoms. The van der Waals surface area contributed by atoms with Gasteiger partial charge in [-0.15, -0.1) is 0 Å². The maximum atomic E-state index is 5.47. The smallest absolute Gasteiger partial charge is 0.164 e. The van der Waals surface area contributed by atoms with Crippen molar-refractivity contribution in [3.8, 4) is 237 Å². The number of hydrogen-bond donors (Lipinski definition) is 0. The molecule has 16 heteroatoms. The maximum absolute atomic E-state index is 5.47. The lowest BCUT2D eigenvalue weighted by Gasteiger charge is -2.17. The molecule has 16 nitrogen and oxygen atoms in total. The molecule has 0 amide bonds. The van der Waals surface area contributed by atoms with E-state index in [-0.39, 0.29) is 0 Å². The zero-order valence-electron chi connectivity index (χ0n) is 70.9. The lowest BCUT2D eigenvalue weighted by Crippen LogP contribution is -2.01. The lowest BCUT2D eigenvalue weighted by atomic mass is 9.88. The van der Waals surface area contributed by atoms with Gasteiger partial charge in [0.2, 0.25) is 0 Å². The molecule has 618 valence electrons. The summed E-state index contributed by atoms with van der Waals surface area (Å²) in [5.41, 5.74) is 28.3. The molecule has 0 aliphatic heterocycles. The predicted molar refractivity (Wildman–Crippen MR) is 525 cm³/mol. The van der Waals surface area contributed by atoms with Crippen LogP contribution in [0.1, 0.15) is 0 Å². The highest BCUT2D eigenvalue weighted by Crippen LogP contribution is 2.44. The molecular weight excluding hydrogens is 1620 g/mol. The van der Waals surface area contributed by atoms with Gasteiger partial charge in [-0.1, -0.05) is 315 Å². The van der Waals surface area contributed by atoms with Gasteiger partial charge in [0.25, 0.3) is 0 Å². The van der Waals surface area contributed by atoms with Crippen LogP contribution in [-0.4, -0.2) is 79.7 Å². The molecule has 0 bridgehead atoms. The van der Waals surface area contributed by atoms with Crippen LogP contribution in [0.15, 0.2) is 450 Å². The Balaban J connectivity index is 0.578. The first-order chi connectivity index (χ1) is 65.3. The molecule has 8 heterocycles. The number of pyridine rings is 4. The summed E-state index contributed by atoms with van der Waals surface area (Å²) < 4.78 is 0. The normalized spacial score (nSPS) is 11.2. The number of aromatic nitrogens is 16. The predicted octanol–water partition coefficient (Wildman–Crippen LogP) is 27.0. The van der Waals surface area contributed by atoms with Crippen molar-refractivity contribution >= 4 is 0 Å². The van der Waals surface area contributed by atoms with Crippen LogP contribution < -0.4 is 0 Å². The van der Waals surface area contributed by atoms with E-state index in [1.165, 1.54) is 0 Å². The SMILES string of the molecule is c1ccc(-c2nc(-c3ccc(-c4cccnc4)cc3)nc(-c3ccc(-c4cc(-c5ccncc5)cc(-c5ccc(-c6nc(-c7ccccc7)nc(-c7cccc(-c8cccc(-c9nc(-c%10ccccc%10)nc(-c%10ccccc%10-c%10cc(-c%11ccncc%11)ccc%10-c%10ccc(-c%11nc(-c%12ccccc%12)nc(-c%12cccc(-c%13ccncc%13)c%12)n%11)cc%10)n9)c8)c7)n6)cc5)c4)cc3)n2)cc1. The van der Waals surface area contributed by atoms with Crippen LogP contribution in [0.4, 0.5) is 0 Å². The highest BCUT2D eigenvalue weighted by Gasteiger charge is 2.24. The van der Waals surface area contributed by atoms with Crippen molar-refractivity contribution in [3.05, 3.63) is 450 Å². The lowest BCUT2D eigenvalue weighted by molar-refractivity contribution is 1.07. The molecule has 0 aliphatic rings. The molecule has 0 spiro atoms. The van der Waals surface area contributed by atoms with Crippen LogP contribution in [-0.2, 0) is 0 Å². The molecular formula is C116H74N16. The summed E-state index contributed by atoms with van der Waals surface area (Å²) in [6.45, 7) is 0. The molecule has 0 saturated heterocycles. The minimum absolute atomic E-state index is 0.505. The Kier molecular flexibility index (Phi) is 21.7. The van der Waals surface area contributed by atoms with Gasteiger partial charge in [0, 0.05) is 116 Å². The van der Waals surface area contributed by atoms with Crippen molar-refractivity contribution in [2.24, 2.45) is 0 Å². The van der Waals surface area contributed by atoms with Crippen molar-refractivity contribution in [2.75, 3.05) is 0 Å². The highest BCUT2D eigenvalue weighted by atomic mass is 15.1. The summed E-state index contributed by atoms with van der Waals surface area (Å²) in [5.74, 6) is 6.57. The first-order valence-electron chi connectivity index (χ1n) is 43.3. The van der Waals surface area contributed by atoms with E-state index >= 15 is 0 Å². The van der Waals surface area contributed by atoms with E-state index in [0.29, 0.717) is 69.9 Å². The Morgan fingerprint density at radius 3 is 0.667 bits per heavy atom. The van der Waals surface area contributed by atoms with Gasteiger partial charge in [0.05, 0.1) is 0 Å². The molecule has 8 aromatic heterocycles. The minimum Gasteiger partial charge on any atom is -0.265 e. The summed E-state index contributed by atoms with van der Waals surface area (Å²) >= 11 is 0. The Hall–Kier alpha value is -18.3. The fourth-order valence-corrected chi connectivity index (χ4v) is 16.5. The van der Waals surface area contributed by atoms with Gasteiger partial charge in [0.1, 0.15) is 0 Å². The van der Waals surface area contributed by atoms with E-state index < -0.39 is 0 Å². The van der Waals surface area contributed by atoms with Gasteiger partial charge in [-0.2, -0.15) is 0 Å². The van der Waals surface area contributed by atoms with Gasteiger partial charge < -0.3 is 0 Å². The Bertz CT molecular complexity index is 7930. The van der Waals surface area contributed by atoms with Crippen LogP contribution in [0.25, 0.3) is 237 Å². The van der Waals surface area contributed by atoms with Crippen LogP contribution in [0.5, 0.6) is 0 Å². The Morgan fingerprint density at radius 2 is 0.326 bits per heavy atom. The molecule has 0 fully saturated rings. The van der Waals surface area contributed by atoms with Crippen molar-refractivity contribution in [1.29, 1.82) is 0 Å². The molecule has 0 N–H and O–H groups in total. The fraction of sp³-hybridized carbons (Fsp3) is 0. The molecule has 0 atom stereocenters. The third-order valence-electron chi connectivity index (χ3n) is 23.4. The summed E-state index contributed by atoms with van der Waals surface area (Å²) in [7, 11) is 0. The van der Waals surface area contributed by atoms with E-state index in [2.05, 4.69) is 238 Å². The summed E-state index contributed by atoms with van der Waals surface area (Å²) in [5, 5.41) is 0. The van der Waals surface area contributed by atoms with Crippen LogP contribution in [0.2, 0.25) is 0 Å². The average Bonchev–Trinajstić information content (AvgIpc) is 0.767. The van der Waals surface area contributed by atoms with Crippen molar-refractivity contribution in [2.45, 2.75) is 0 Å². The standard InChI is InChI=1S/C116H74N16/c1-5-19-82(20-6-1)105-121-109(86-44-36-75(37-45-86)97-33-18-60-120-74-97)125-110(122-105)87-46-38-76(39-47-87)98-70-99(72-100(71-98)80-58-65-119-66-59-80)77-40-48-88(49-41-77)111-123-106(83-21-7-2-8-22-83)127-114(129-111)95-31-16-28-91(68-95)92-29-17-32-96(69-92)115-128-108(85-25-11-4-12-26-85)131-116(132-115)103-35-14-13-34-102(103)104-73-93(79-56-63-118-64-57-79)52-53-101(104)81-42-50-89(51-43-81)112-124-107(84-23-9-3-10-24-84)126-113(130-112)94-30-15-27-90(67-94)78-54-61-117-62-55-78/h1-74H. The third kappa shape index (κ3) is 17.0. The van der Waals surface area contributed by atoms with E-state index in [0.717, 1.165) is 167 Å². The van der Waals surface area contributed by atoms with Gasteiger partial charge in [-0.05, 0) is 185 Å². The number of rotatable bonds is 21. The Morgan fingerprint density at radius 1 is 0.0985 bits per heavy atom. The number of hydrogen-bond acceptors (Lipinski definition) is 16. The molecule has 0 saturated carbocycles. The fourth-order valence-electron chi connectivity index (χ4n) is 16.5. The monoisotopic (exact) mass is 1690 g/mol. The quantitative estimate of drug-likeness (QED) is 0.0655. The molecule has 0 radical (unpaired) electrons. The molecule has 22 rings (SSSR count). The molecule has 0 aliphatic carbocycles. The second-order valence-corrected chi connectivity index (χ2v) is 31.8. The van der Waals surface area contributed by atoms with Crippen molar-refractivity contribution in [1.82, 2.24) is 79.7 Å². The third-order valence-corrected chi connectivity index (χ3v) is 23.4. The van der Waals surface area contributed by atoms with Crippen molar-refractivity contribution in [3.63, 3.8) is 0 Å². The minimum atomic E-state index is 0.505. The average molecular weight is 1690 g/mol. The topological polar surface area (TPSA) is 206 Å². The number of nitrogens with zero attached hydrogens (tertiary/aromatic N) is 16. The van der Waals surface area contributed by atoms with Crippen molar-refractivity contribution < 1.29 is 0 Å². The molecule has 14 aromatic carbocycles. The van der Waals surface area contributed by atoms with Gasteiger partial charge in [-0.25, -0.2) is 59.8 Å². The van der Waals surface area contributed by atoms with E-state index in [1.54, 1.807) is 18.6 Å². The first-order valence-corrected chi connectivity index (χ1v) is 43.3. The summed E-state index contributed by atoms with van der Waals surface area (Å²) in [6, 6.07) is 137. The summed E-state index contributed by atoms with van der Waals surface area (Å²) in [4.78, 5) is 79.8. The maximum Gasteiger partial charge on any atom is 0.164 e. The second-order valence-electron chi connectivity index (χ2n) is 31.8. The van der Waals surface area contributed by atoms with Crippen LogP contribution >= 0.6 is 0 Å². The molecule has 22 aromatic rings. The largest absolute Gasteiger partial charge is 0.265 e. The Labute approximate surface area is 761 Å². The van der Waals surface area contributed by atoms with Crippen LogP contribution in [0, 0.1) is 0 Å². The second kappa shape index (κ2) is 36.0. The summed E-state index contributed by atoms with van der Waals surface area (Å²) in [6.07, 6.45) is 14.6. The zero-order chi connectivity index (χ0) is 87.9. The van der Waals surface area contributed by atoms with E-state index in [9.17, 15) is 0 Å². The number of benzene rings is 14. The molecule has 0 unspecified atom stereocenters. The van der Waals surface area contributed by atoms with Gasteiger partial charge >= 0.3 is 0 Å². The van der Waals surface area contributed by atoms with Crippen LogP contribution in [0.3, 0.4) is 0 Å². The van der Waals surface area contributed by atoms with E-state index in [1.807, 2.05) is 213 Å². The van der Waals surface area contributed by atoms with Gasteiger partial charge in [-0.3, -0.25) is 19.9 Å². The first kappa shape index (κ1) is 79.6. The highest BCUT2D eigenvalue weighted by molar-refractivity contribution is 5.94.